The van der Waals surface area contributed by atoms with E-state index in [1.165, 1.54) is 28.5 Å². The molecular weight excluding hydrogens is 414 g/mol. The van der Waals surface area contributed by atoms with Gasteiger partial charge in [-0.1, -0.05) is 54.1 Å². The van der Waals surface area contributed by atoms with Gasteiger partial charge < -0.3 is 14.5 Å². The summed E-state index contributed by atoms with van der Waals surface area (Å²) in [5.74, 6) is 0.308. The molecule has 33 heavy (non-hydrogen) atoms. The van der Waals surface area contributed by atoms with Gasteiger partial charge >= 0.3 is 0 Å². The quantitative estimate of drug-likeness (QED) is 0.502. The lowest BCUT2D eigenvalue weighted by atomic mass is 10.0. The minimum Gasteiger partial charge on any atom is -0.447 e. The molecule has 0 bridgehead atoms. The highest BCUT2D eigenvalue weighted by molar-refractivity contribution is 5.91. The molecule has 1 fully saturated rings. The molecule has 1 aliphatic rings. The van der Waals surface area contributed by atoms with E-state index in [4.69, 9.17) is 9.15 Å². The number of hydrogen-bond donors (Lipinski definition) is 1. The van der Waals surface area contributed by atoms with Crippen molar-refractivity contribution in [1.82, 2.24) is 15.2 Å². The third-order valence-corrected chi connectivity index (χ3v) is 6.34. The predicted octanol–water partition coefficient (Wildman–Crippen LogP) is 4.96. The molecule has 4 rings (SSSR count). The third-order valence-electron chi connectivity index (χ3n) is 6.34. The molecule has 1 saturated heterocycles. The molecule has 174 valence electrons. The van der Waals surface area contributed by atoms with Gasteiger partial charge in [-0.3, -0.25) is 9.69 Å². The lowest BCUT2D eigenvalue weighted by Crippen LogP contribution is -2.32. The minimum absolute atomic E-state index is 0.0973. The molecule has 6 nitrogen and oxygen atoms in total. The average Bonchev–Trinajstić information content (AvgIpc) is 3.52. The highest BCUT2D eigenvalue weighted by atomic mass is 16.5. The lowest BCUT2D eigenvalue weighted by Gasteiger charge is -2.29. The Morgan fingerprint density at radius 2 is 2.00 bits per heavy atom. The Balaban J connectivity index is 1.49. The van der Waals surface area contributed by atoms with Gasteiger partial charge in [-0.2, -0.15) is 0 Å². The van der Waals surface area contributed by atoms with Crippen LogP contribution in [0.5, 0.6) is 0 Å². The van der Waals surface area contributed by atoms with Gasteiger partial charge in [0.05, 0.1) is 12.6 Å². The summed E-state index contributed by atoms with van der Waals surface area (Å²) in [5.41, 5.74) is 5.31. The van der Waals surface area contributed by atoms with Crippen molar-refractivity contribution in [2.75, 3.05) is 13.2 Å². The molecule has 0 saturated carbocycles. The number of ether oxygens (including phenoxy) is 1. The Kier molecular flexibility index (Phi) is 7.57. The van der Waals surface area contributed by atoms with E-state index in [0.717, 1.165) is 26.0 Å². The Labute approximate surface area is 196 Å². The summed E-state index contributed by atoms with van der Waals surface area (Å²) in [7, 11) is 0. The van der Waals surface area contributed by atoms with E-state index < -0.39 is 0 Å². The van der Waals surface area contributed by atoms with Gasteiger partial charge in [-0.05, 0) is 50.3 Å². The van der Waals surface area contributed by atoms with Crippen LogP contribution in [0, 0.1) is 13.8 Å². The standard InChI is InChI=1S/C27H33N3O3/c1-19-11-12-20(2)23(14-19)16-30(21(3)22-8-5-4-6-9-22)17-26-29-25(18-33-26)27(31)28-15-24-10-7-13-32-24/h4-6,8-9,11-12,14,18,21,24H,7,10,13,15-17H2,1-3H3,(H,28,31)/t21-,24-/m1/s1. The number of aromatic nitrogens is 1. The van der Waals surface area contributed by atoms with Crippen LogP contribution in [0.1, 0.15) is 64.4 Å². The van der Waals surface area contributed by atoms with Crippen molar-refractivity contribution in [3.05, 3.63) is 88.6 Å². The zero-order chi connectivity index (χ0) is 23.2. The van der Waals surface area contributed by atoms with Gasteiger partial charge in [-0.25, -0.2) is 4.98 Å². The average molecular weight is 448 g/mol. The second kappa shape index (κ2) is 10.8. The zero-order valence-electron chi connectivity index (χ0n) is 19.7. The summed E-state index contributed by atoms with van der Waals surface area (Å²) in [6.45, 7) is 8.98. The van der Waals surface area contributed by atoms with Gasteiger partial charge in [0.1, 0.15) is 6.26 Å². The highest BCUT2D eigenvalue weighted by Crippen LogP contribution is 2.26. The van der Waals surface area contributed by atoms with Crippen molar-refractivity contribution in [1.29, 1.82) is 0 Å². The molecule has 0 spiro atoms. The summed E-state index contributed by atoms with van der Waals surface area (Å²) >= 11 is 0. The number of carbonyl (C=O) groups excluding carboxylic acids is 1. The molecule has 0 unspecified atom stereocenters. The first-order chi connectivity index (χ1) is 16.0. The molecule has 0 aliphatic carbocycles. The Bertz CT molecular complexity index is 1060. The summed E-state index contributed by atoms with van der Waals surface area (Å²) in [5, 5.41) is 2.91. The van der Waals surface area contributed by atoms with Crippen LogP contribution in [0.4, 0.5) is 0 Å². The van der Waals surface area contributed by atoms with Crippen LogP contribution in [0.15, 0.2) is 59.2 Å². The number of oxazole rings is 1. The fourth-order valence-electron chi connectivity index (χ4n) is 4.23. The smallest absolute Gasteiger partial charge is 0.273 e. The molecule has 2 atom stereocenters. The van der Waals surface area contributed by atoms with Crippen LogP contribution in [-0.2, 0) is 17.8 Å². The topological polar surface area (TPSA) is 67.6 Å². The first-order valence-corrected chi connectivity index (χ1v) is 11.7. The maximum Gasteiger partial charge on any atom is 0.273 e. The monoisotopic (exact) mass is 447 g/mol. The van der Waals surface area contributed by atoms with E-state index in [2.05, 4.69) is 78.4 Å². The molecular formula is C27H33N3O3. The van der Waals surface area contributed by atoms with Gasteiger partial charge in [0, 0.05) is 25.7 Å². The maximum atomic E-state index is 12.5. The van der Waals surface area contributed by atoms with Crippen LogP contribution in [-0.4, -0.2) is 35.0 Å². The zero-order valence-corrected chi connectivity index (χ0v) is 19.7. The van der Waals surface area contributed by atoms with Crippen LogP contribution >= 0.6 is 0 Å². The lowest BCUT2D eigenvalue weighted by molar-refractivity contribution is 0.0853. The second-order valence-corrected chi connectivity index (χ2v) is 8.89. The van der Waals surface area contributed by atoms with Crippen molar-refractivity contribution in [3.8, 4) is 0 Å². The number of rotatable bonds is 9. The molecule has 6 heteroatoms. The summed E-state index contributed by atoms with van der Waals surface area (Å²) in [6, 6.07) is 17.1. The van der Waals surface area contributed by atoms with Crippen LogP contribution in [0.3, 0.4) is 0 Å². The molecule has 1 amide bonds. The first-order valence-electron chi connectivity index (χ1n) is 11.7. The van der Waals surface area contributed by atoms with Crippen LogP contribution in [0.25, 0.3) is 0 Å². The van der Waals surface area contributed by atoms with E-state index in [0.29, 0.717) is 24.7 Å². The van der Waals surface area contributed by atoms with E-state index >= 15 is 0 Å². The molecule has 0 radical (unpaired) electrons. The Hall–Kier alpha value is -2.96. The molecule has 1 N–H and O–H groups in total. The largest absolute Gasteiger partial charge is 0.447 e. The minimum atomic E-state index is -0.224. The number of aryl methyl sites for hydroxylation is 2. The number of hydrogen-bond acceptors (Lipinski definition) is 5. The van der Waals surface area contributed by atoms with Crippen molar-refractivity contribution in [2.24, 2.45) is 0 Å². The predicted molar refractivity (Wildman–Crippen MR) is 128 cm³/mol. The number of nitrogens with zero attached hydrogens (tertiary/aromatic N) is 2. The fraction of sp³-hybridized carbons (Fsp3) is 0.407. The summed E-state index contributed by atoms with van der Waals surface area (Å²) < 4.78 is 11.3. The normalized spacial score (nSPS) is 16.8. The van der Waals surface area contributed by atoms with E-state index in [9.17, 15) is 4.79 Å². The summed E-state index contributed by atoms with van der Waals surface area (Å²) in [6.07, 6.45) is 3.57. The molecule has 2 heterocycles. The Morgan fingerprint density at radius 3 is 2.76 bits per heavy atom. The van der Waals surface area contributed by atoms with E-state index in [-0.39, 0.29) is 18.1 Å². The summed E-state index contributed by atoms with van der Waals surface area (Å²) in [4.78, 5) is 19.3. The third kappa shape index (κ3) is 6.09. The van der Waals surface area contributed by atoms with Crippen molar-refractivity contribution >= 4 is 5.91 Å². The first kappa shape index (κ1) is 23.2. The van der Waals surface area contributed by atoms with Gasteiger partial charge in [0.15, 0.2) is 5.69 Å². The van der Waals surface area contributed by atoms with Gasteiger partial charge in [-0.15, -0.1) is 0 Å². The van der Waals surface area contributed by atoms with Gasteiger partial charge in [0.25, 0.3) is 5.91 Å². The highest BCUT2D eigenvalue weighted by Gasteiger charge is 2.22. The van der Waals surface area contributed by atoms with Crippen LogP contribution < -0.4 is 5.32 Å². The van der Waals surface area contributed by atoms with E-state index in [1.807, 2.05) is 6.07 Å². The van der Waals surface area contributed by atoms with Crippen molar-refractivity contribution in [2.45, 2.75) is 58.8 Å². The maximum absolute atomic E-state index is 12.5. The van der Waals surface area contributed by atoms with Crippen molar-refractivity contribution in [3.63, 3.8) is 0 Å². The van der Waals surface area contributed by atoms with Crippen molar-refractivity contribution < 1.29 is 13.9 Å². The molecule has 1 aliphatic heterocycles. The Morgan fingerprint density at radius 1 is 1.18 bits per heavy atom. The van der Waals surface area contributed by atoms with Gasteiger partial charge in [0.2, 0.25) is 5.89 Å². The fourth-order valence-corrected chi connectivity index (χ4v) is 4.23. The molecule has 1 aromatic heterocycles. The number of amides is 1. The number of benzene rings is 2. The number of carbonyl (C=O) groups is 1. The molecule has 2 aromatic carbocycles. The number of nitrogens with one attached hydrogen (secondary N) is 1. The molecule has 3 aromatic rings. The van der Waals surface area contributed by atoms with Crippen LogP contribution in [0.2, 0.25) is 0 Å². The van der Waals surface area contributed by atoms with E-state index in [1.54, 1.807) is 0 Å². The SMILES string of the molecule is Cc1ccc(C)c(CN(Cc2nc(C(=O)NC[C@H]3CCCO3)co2)[C@H](C)c2ccccc2)c1. The second-order valence-electron chi connectivity index (χ2n) is 8.89.